The van der Waals surface area contributed by atoms with Crippen molar-refractivity contribution in [2.75, 3.05) is 13.2 Å². The molecule has 2 aromatic carbocycles. The molecule has 1 aromatic heterocycles. The summed E-state index contributed by atoms with van der Waals surface area (Å²) in [7, 11) is 0. The first-order chi connectivity index (χ1) is 11.7. The number of nitrogens with zero attached hydrogens (tertiary/aromatic N) is 1. The Morgan fingerprint density at radius 1 is 1.21 bits per heavy atom. The number of hydrogen-bond acceptors (Lipinski definition) is 2. The summed E-state index contributed by atoms with van der Waals surface area (Å²) in [5, 5.41) is 5.55. The number of benzene rings is 2. The Kier molecular flexibility index (Phi) is 3.15. The zero-order valence-corrected chi connectivity index (χ0v) is 14.4. The number of ether oxygens (including phenoxy) is 1. The van der Waals surface area contributed by atoms with E-state index in [0.29, 0.717) is 0 Å². The smallest absolute Gasteiger partial charge is 0.122 e. The van der Waals surface area contributed by atoms with E-state index in [4.69, 9.17) is 16.3 Å². The number of halogens is 1. The fourth-order valence-electron chi connectivity index (χ4n) is 4.12. The van der Waals surface area contributed by atoms with Crippen molar-refractivity contribution in [1.82, 2.24) is 9.88 Å². The van der Waals surface area contributed by atoms with Crippen LogP contribution in [0.3, 0.4) is 0 Å². The molecule has 0 unspecified atom stereocenters. The van der Waals surface area contributed by atoms with Gasteiger partial charge in [0.1, 0.15) is 5.75 Å². The Balaban J connectivity index is 1.82. The highest BCUT2D eigenvalue weighted by molar-refractivity contribution is 6.32. The zero-order valence-electron chi connectivity index (χ0n) is 13.7. The summed E-state index contributed by atoms with van der Waals surface area (Å²) in [6, 6.07) is 10.7. The van der Waals surface area contributed by atoms with E-state index in [1.807, 2.05) is 0 Å². The maximum Gasteiger partial charge on any atom is 0.122 e. The van der Waals surface area contributed by atoms with Crippen LogP contribution >= 0.6 is 11.6 Å². The van der Waals surface area contributed by atoms with Crippen LogP contribution in [0.25, 0.3) is 22.0 Å². The molecule has 122 valence electrons. The second-order valence-corrected chi connectivity index (χ2v) is 7.11. The summed E-state index contributed by atoms with van der Waals surface area (Å²) in [4.78, 5) is 0. The van der Waals surface area contributed by atoms with E-state index in [0.717, 1.165) is 43.4 Å². The van der Waals surface area contributed by atoms with Crippen molar-refractivity contribution in [3.05, 3.63) is 52.2 Å². The molecule has 3 heterocycles. The molecule has 24 heavy (non-hydrogen) atoms. The van der Waals surface area contributed by atoms with Gasteiger partial charge in [0.05, 0.1) is 12.1 Å². The summed E-state index contributed by atoms with van der Waals surface area (Å²) < 4.78 is 8.12. The predicted molar refractivity (Wildman–Crippen MR) is 98.0 cm³/mol. The average Bonchev–Trinajstić information content (AvgIpc) is 3.18. The average molecular weight is 339 g/mol. The van der Waals surface area contributed by atoms with Crippen LogP contribution in [0.1, 0.15) is 16.8 Å². The highest BCUT2D eigenvalue weighted by atomic mass is 35.5. The molecule has 0 atom stereocenters. The normalized spacial score (nSPS) is 16.1. The lowest BCUT2D eigenvalue weighted by molar-refractivity contribution is 0.357. The van der Waals surface area contributed by atoms with Crippen molar-refractivity contribution >= 4 is 22.5 Å². The van der Waals surface area contributed by atoms with Gasteiger partial charge in [-0.05, 0) is 47.9 Å². The van der Waals surface area contributed by atoms with Gasteiger partial charge in [0, 0.05) is 47.7 Å². The zero-order chi connectivity index (χ0) is 16.3. The molecule has 0 aliphatic carbocycles. The highest BCUT2D eigenvalue weighted by Crippen LogP contribution is 2.39. The van der Waals surface area contributed by atoms with E-state index in [-0.39, 0.29) is 0 Å². The Labute approximate surface area is 146 Å². The van der Waals surface area contributed by atoms with Gasteiger partial charge in [-0.25, -0.2) is 0 Å². The number of aryl methyl sites for hydroxylation is 1. The lowest BCUT2D eigenvalue weighted by Crippen LogP contribution is -2.28. The second kappa shape index (κ2) is 5.27. The van der Waals surface area contributed by atoms with Gasteiger partial charge in [0.25, 0.3) is 0 Å². The van der Waals surface area contributed by atoms with Gasteiger partial charge in [0.15, 0.2) is 0 Å². The molecule has 0 bridgehead atoms. The summed E-state index contributed by atoms with van der Waals surface area (Å²) in [6.07, 6.45) is 0.988. The number of hydrogen-bond donors (Lipinski definition) is 1. The second-order valence-electron chi connectivity index (χ2n) is 6.67. The SMILES string of the molecule is Cc1c2n(c3c(-c4ccc5c(c4)CCO5)cc(Cl)cc13)CCNC2. The molecule has 0 amide bonds. The highest BCUT2D eigenvalue weighted by Gasteiger charge is 2.21. The molecule has 2 aliphatic rings. The first-order valence-corrected chi connectivity index (χ1v) is 8.88. The molecular weight excluding hydrogens is 320 g/mol. The lowest BCUT2D eigenvalue weighted by Gasteiger charge is -2.19. The number of aromatic nitrogens is 1. The third-order valence-corrected chi connectivity index (χ3v) is 5.53. The van der Waals surface area contributed by atoms with E-state index in [9.17, 15) is 0 Å². The molecule has 0 fully saturated rings. The first-order valence-electron chi connectivity index (χ1n) is 8.50. The quantitative estimate of drug-likeness (QED) is 0.715. The molecule has 0 radical (unpaired) electrons. The van der Waals surface area contributed by atoms with E-state index in [1.54, 1.807) is 0 Å². The fraction of sp³-hybridized carbons (Fsp3) is 0.300. The van der Waals surface area contributed by atoms with Crippen LogP contribution in [-0.4, -0.2) is 17.7 Å². The van der Waals surface area contributed by atoms with Crippen LogP contribution < -0.4 is 10.1 Å². The maximum absolute atomic E-state index is 6.48. The first kappa shape index (κ1) is 14.4. The Morgan fingerprint density at radius 3 is 3.04 bits per heavy atom. The molecule has 2 aliphatic heterocycles. The Morgan fingerprint density at radius 2 is 2.12 bits per heavy atom. The van der Waals surface area contributed by atoms with Crippen LogP contribution in [0.2, 0.25) is 5.02 Å². The fourth-order valence-corrected chi connectivity index (χ4v) is 4.33. The number of rotatable bonds is 1. The van der Waals surface area contributed by atoms with Gasteiger partial charge in [-0.1, -0.05) is 17.7 Å². The van der Waals surface area contributed by atoms with Crippen LogP contribution in [0.15, 0.2) is 30.3 Å². The van der Waals surface area contributed by atoms with Crippen LogP contribution in [0, 0.1) is 6.92 Å². The van der Waals surface area contributed by atoms with Crippen molar-refractivity contribution in [3.63, 3.8) is 0 Å². The van der Waals surface area contributed by atoms with Crippen molar-refractivity contribution in [2.24, 2.45) is 0 Å². The third kappa shape index (κ3) is 2.01. The van der Waals surface area contributed by atoms with Gasteiger partial charge in [-0.2, -0.15) is 0 Å². The minimum Gasteiger partial charge on any atom is -0.493 e. The molecule has 3 nitrogen and oxygen atoms in total. The van der Waals surface area contributed by atoms with Crippen LogP contribution in [0.5, 0.6) is 5.75 Å². The minimum absolute atomic E-state index is 0.787. The molecule has 1 N–H and O–H groups in total. The summed E-state index contributed by atoms with van der Waals surface area (Å²) in [5.41, 5.74) is 7.78. The van der Waals surface area contributed by atoms with Gasteiger partial charge < -0.3 is 14.6 Å². The topological polar surface area (TPSA) is 26.2 Å². The van der Waals surface area contributed by atoms with E-state index in [2.05, 4.69) is 47.1 Å². The van der Waals surface area contributed by atoms with Crippen LogP contribution in [-0.2, 0) is 19.5 Å². The summed E-state index contributed by atoms with van der Waals surface area (Å²) in [6.45, 7) is 5.93. The van der Waals surface area contributed by atoms with Gasteiger partial charge in [0.2, 0.25) is 0 Å². The van der Waals surface area contributed by atoms with Crippen molar-refractivity contribution in [1.29, 1.82) is 0 Å². The standard InChI is InChI=1S/C20H19ClN2O/c1-12-16-9-15(21)10-17(20(16)23-6-5-22-11-18(12)23)13-2-3-19-14(8-13)4-7-24-19/h2-3,8-10,22H,4-7,11H2,1H3. The van der Waals surface area contributed by atoms with Gasteiger partial charge in [-0.15, -0.1) is 0 Å². The van der Waals surface area contributed by atoms with E-state index < -0.39 is 0 Å². The van der Waals surface area contributed by atoms with E-state index >= 15 is 0 Å². The molecular formula is C20H19ClN2O. The third-order valence-electron chi connectivity index (χ3n) is 5.31. The molecule has 0 spiro atoms. The lowest BCUT2D eigenvalue weighted by atomic mass is 9.99. The van der Waals surface area contributed by atoms with Crippen molar-refractivity contribution in [2.45, 2.75) is 26.4 Å². The van der Waals surface area contributed by atoms with Crippen LogP contribution in [0.4, 0.5) is 0 Å². The number of fused-ring (bicyclic) bond motifs is 4. The Hall–Kier alpha value is -1.97. The minimum atomic E-state index is 0.787. The molecule has 4 heteroatoms. The molecule has 0 saturated heterocycles. The Bertz CT molecular complexity index is 974. The number of nitrogens with one attached hydrogen (secondary N) is 1. The molecule has 5 rings (SSSR count). The van der Waals surface area contributed by atoms with Gasteiger partial charge >= 0.3 is 0 Å². The van der Waals surface area contributed by atoms with E-state index in [1.165, 1.54) is 38.9 Å². The predicted octanol–water partition coefficient (Wildman–Crippen LogP) is 4.31. The van der Waals surface area contributed by atoms with Crippen molar-refractivity contribution in [3.8, 4) is 16.9 Å². The monoisotopic (exact) mass is 338 g/mol. The summed E-state index contributed by atoms with van der Waals surface area (Å²) in [5.74, 6) is 1.02. The maximum atomic E-state index is 6.48. The largest absolute Gasteiger partial charge is 0.493 e. The molecule has 3 aromatic rings. The van der Waals surface area contributed by atoms with Crippen molar-refractivity contribution < 1.29 is 4.74 Å². The van der Waals surface area contributed by atoms with Gasteiger partial charge in [-0.3, -0.25) is 0 Å². The summed E-state index contributed by atoms with van der Waals surface area (Å²) >= 11 is 6.48. The molecule has 0 saturated carbocycles.